The molecular weight excluding hydrogens is 847 g/mol. The van der Waals surface area contributed by atoms with E-state index in [4.69, 9.17) is 9.47 Å². The van der Waals surface area contributed by atoms with Crippen LogP contribution in [0.15, 0.2) is 133 Å². The molecule has 3 atom stereocenters. The Morgan fingerprint density at radius 3 is 1.48 bits per heavy atom. The molecule has 8 heteroatoms. The highest BCUT2D eigenvalue weighted by Gasteiger charge is 2.28. The van der Waals surface area contributed by atoms with E-state index in [1.807, 2.05) is 59.8 Å². The summed E-state index contributed by atoms with van der Waals surface area (Å²) < 4.78 is 10.8. The van der Waals surface area contributed by atoms with Crippen molar-refractivity contribution >= 4 is 52.4 Å². The van der Waals surface area contributed by atoms with E-state index in [0.29, 0.717) is 12.3 Å². The summed E-state index contributed by atoms with van der Waals surface area (Å²) >= 11 is 0. The number of allylic oxidation sites excluding steroid dienone is 1. The summed E-state index contributed by atoms with van der Waals surface area (Å²) in [6.07, 6.45) is 12.6. The summed E-state index contributed by atoms with van der Waals surface area (Å²) in [5.74, 6) is 0.280. The number of ether oxygens (including phenoxy) is 2. The molecular formula is C56H93NO4S3. The average Bonchev–Trinajstić information content (AvgIpc) is 3.19. The molecule has 364 valence electrons. The Bertz CT molecular complexity index is 1690. The molecule has 0 N–H and O–H groups in total. The van der Waals surface area contributed by atoms with E-state index in [1.165, 1.54) is 34.8 Å². The first-order valence-electron chi connectivity index (χ1n) is 21.7. The number of carbonyl (C=O) groups excluding carboxylic acids is 2. The molecule has 0 saturated carbocycles. The monoisotopic (exact) mass is 940 g/mol. The first-order chi connectivity index (χ1) is 27.6. The first kappa shape index (κ1) is 69.6. The van der Waals surface area contributed by atoms with Crippen LogP contribution < -0.4 is 0 Å². The second-order valence-electron chi connectivity index (χ2n) is 17.2. The van der Waals surface area contributed by atoms with Gasteiger partial charge in [0.2, 0.25) is 0 Å². The van der Waals surface area contributed by atoms with Crippen molar-refractivity contribution in [2.24, 2.45) is 0 Å². The second-order valence-corrected chi connectivity index (χ2v) is 17.2. The molecule has 0 saturated heterocycles. The van der Waals surface area contributed by atoms with Crippen molar-refractivity contribution < 1.29 is 19.1 Å². The molecule has 5 nitrogen and oxygen atoms in total. The van der Waals surface area contributed by atoms with Gasteiger partial charge in [-0.05, 0) is 102 Å². The van der Waals surface area contributed by atoms with Gasteiger partial charge < -0.3 is 9.47 Å². The fourth-order valence-corrected chi connectivity index (χ4v) is 6.51. The van der Waals surface area contributed by atoms with Crippen LogP contribution in [0.1, 0.15) is 177 Å². The predicted octanol–water partition coefficient (Wildman–Crippen LogP) is 16.3. The van der Waals surface area contributed by atoms with E-state index in [0.717, 1.165) is 51.5 Å². The standard InChI is InChI=1S/C26H37NO2.C16H18.C11H20O2.3CH4.3H2S/c1-6-7-18-24(19-25(28)29-26(3,4)5)27(20-22-14-10-8-11-15-22)21(2)23-16-12-9-13-17-23;1-14(16-10-6-3-7-11-16)12-13-15-8-4-2-5-9-15;1-5-6-7-8-9-10(12)13-11(2,3)4;;;;;;/h8-17,21,24H,6-7,18-20H2,1-5H3;2-11,14H,12-13H2,1H3;8-9H,5-7H2,1-4H3;3*1H4;3*1H2/b;;9-8+;;;;;;/t21-,24-;14-;;;;;;;/m01......./s1. The zero-order valence-electron chi connectivity index (χ0n) is 39.1. The summed E-state index contributed by atoms with van der Waals surface area (Å²) in [5, 5.41) is 0. The van der Waals surface area contributed by atoms with Gasteiger partial charge >= 0.3 is 11.9 Å². The normalized spacial score (nSPS) is 11.8. The maximum atomic E-state index is 12.7. The molecule has 0 fully saturated rings. The number of esters is 2. The van der Waals surface area contributed by atoms with Gasteiger partial charge in [-0.3, -0.25) is 9.69 Å². The molecule has 0 aliphatic heterocycles. The lowest BCUT2D eigenvalue weighted by Gasteiger charge is -2.37. The molecule has 0 aliphatic carbocycles. The van der Waals surface area contributed by atoms with Crippen molar-refractivity contribution in [1.82, 2.24) is 4.90 Å². The molecule has 4 aromatic rings. The van der Waals surface area contributed by atoms with Gasteiger partial charge in [-0.15, -0.1) is 0 Å². The van der Waals surface area contributed by atoms with Crippen LogP contribution in [0.5, 0.6) is 0 Å². The Morgan fingerprint density at radius 1 is 0.594 bits per heavy atom. The van der Waals surface area contributed by atoms with Crippen molar-refractivity contribution in [2.75, 3.05) is 0 Å². The lowest BCUT2D eigenvalue weighted by atomic mass is 9.94. The predicted molar refractivity (Wildman–Crippen MR) is 296 cm³/mol. The zero-order valence-corrected chi connectivity index (χ0v) is 42.1. The van der Waals surface area contributed by atoms with Gasteiger partial charge in [-0.2, -0.15) is 40.5 Å². The molecule has 0 unspecified atom stereocenters. The van der Waals surface area contributed by atoms with Gasteiger partial charge in [-0.1, -0.05) is 196 Å². The minimum absolute atomic E-state index is 0. The summed E-state index contributed by atoms with van der Waals surface area (Å²) in [6.45, 7) is 21.1. The molecule has 64 heavy (non-hydrogen) atoms. The fourth-order valence-electron chi connectivity index (χ4n) is 6.51. The number of rotatable bonds is 18. The number of aryl methyl sites for hydroxylation is 1. The summed E-state index contributed by atoms with van der Waals surface area (Å²) in [6, 6.07) is 42.9. The number of hydrogen-bond acceptors (Lipinski definition) is 5. The highest BCUT2D eigenvalue weighted by atomic mass is 32.1. The third-order valence-corrected chi connectivity index (χ3v) is 9.63. The van der Waals surface area contributed by atoms with Gasteiger partial charge in [0.1, 0.15) is 11.2 Å². The van der Waals surface area contributed by atoms with Gasteiger partial charge in [0.25, 0.3) is 0 Å². The van der Waals surface area contributed by atoms with Crippen molar-refractivity contribution in [3.63, 3.8) is 0 Å². The highest BCUT2D eigenvalue weighted by Crippen LogP contribution is 2.29. The van der Waals surface area contributed by atoms with Crippen LogP contribution in [0, 0.1) is 0 Å². The zero-order chi connectivity index (χ0) is 42.8. The number of benzene rings is 4. The van der Waals surface area contributed by atoms with Crippen LogP contribution in [0.2, 0.25) is 0 Å². The first-order valence-corrected chi connectivity index (χ1v) is 21.7. The fraction of sp³-hybridized carbons (Fsp3) is 0.500. The lowest BCUT2D eigenvalue weighted by molar-refractivity contribution is -0.156. The van der Waals surface area contributed by atoms with Crippen molar-refractivity contribution in [3.05, 3.63) is 156 Å². The van der Waals surface area contributed by atoms with Gasteiger partial charge in [-0.25, -0.2) is 4.79 Å². The van der Waals surface area contributed by atoms with Gasteiger partial charge in [0.05, 0.1) is 6.42 Å². The molecule has 0 spiro atoms. The third kappa shape index (κ3) is 32.3. The quantitative estimate of drug-likeness (QED) is 0.0565. The van der Waals surface area contributed by atoms with Crippen LogP contribution in [-0.4, -0.2) is 34.1 Å². The number of unbranched alkanes of at least 4 members (excludes halogenated alkanes) is 3. The van der Waals surface area contributed by atoms with E-state index in [1.54, 1.807) is 0 Å². The minimum Gasteiger partial charge on any atom is -0.460 e. The van der Waals surface area contributed by atoms with E-state index >= 15 is 0 Å². The summed E-state index contributed by atoms with van der Waals surface area (Å²) in [4.78, 5) is 26.3. The largest absolute Gasteiger partial charge is 0.460 e. The summed E-state index contributed by atoms with van der Waals surface area (Å²) in [5.41, 5.74) is 4.58. The lowest BCUT2D eigenvalue weighted by Crippen LogP contribution is -2.39. The van der Waals surface area contributed by atoms with Crippen molar-refractivity contribution in [2.45, 2.75) is 185 Å². The van der Waals surface area contributed by atoms with Gasteiger partial charge in [0.15, 0.2) is 0 Å². The Morgan fingerprint density at radius 2 is 1.03 bits per heavy atom. The maximum Gasteiger partial charge on any atom is 0.330 e. The third-order valence-electron chi connectivity index (χ3n) is 9.63. The average molecular weight is 941 g/mol. The Labute approximate surface area is 415 Å². The maximum absolute atomic E-state index is 12.7. The highest BCUT2D eigenvalue weighted by molar-refractivity contribution is 7.59. The molecule has 0 aliphatic rings. The van der Waals surface area contributed by atoms with Crippen LogP contribution >= 0.6 is 40.5 Å². The molecule has 4 aromatic carbocycles. The topological polar surface area (TPSA) is 55.8 Å². The Balaban J connectivity index is -0.000000284. The SMILES string of the molecule is C.C.C.CCCC/C=C/C(=O)OC(C)(C)C.CCCC[C@@H](CC(=O)OC(C)(C)C)N(Cc1ccccc1)[C@@H](C)c1ccccc1.C[C@H](CCc1ccccc1)c1ccccc1.S.S.S. The Kier molecular flexibility index (Phi) is 42.2. The summed E-state index contributed by atoms with van der Waals surface area (Å²) in [7, 11) is 0. The molecule has 4 rings (SSSR count). The van der Waals surface area contributed by atoms with Crippen LogP contribution in [0.4, 0.5) is 0 Å². The number of carbonyl (C=O) groups is 2. The molecule has 0 amide bonds. The molecule has 0 bridgehead atoms. The van der Waals surface area contributed by atoms with E-state index in [9.17, 15) is 9.59 Å². The van der Waals surface area contributed by atoms with Crippen LogP contribution in [0.25, 0.3) is 0 Å². The minimum atomic E-state index is -0.457. The smallest absolute Gasteiger partial charge is 0.330 e. The van der Waals surface area contributed by atoms with E-state index in [2.05, 4.69) is 142 Å². The molecule has 0 heterocycles. The Hall–Kier alpha value is -3.43. The number of hydrogen-bond donors (Lipinski definition) is 0. The number of nitrogens with zero attached hydrogens (tertiary/aromatic N) is 1. The van der Waals surface area contributed by atoms with Gasteiger partial charge in [0, 0.05) is 24.7 Å². The van der Waals surface area contributed by atoms with E-state index < -0.39 is 5.60 Å². The van der Waals surface area contributed by atoms with Crippen molar-refractivity contribution in [3.8, 4) is 0 Å². The second kappa shape index (κ2) is 38.8. The van der Waals surface area contributed by atoms with Crippen LogP contribution in [0.3, 0.4) is 0 Å². The van der Waals surface area contributed by atoms with Crippen LogP contribution in [-0.2, 0) is 32.0 Å². The molecule has 0 aromatic heterocycles. The van der Waals surface area contributed by atoms with E-state index in [-0.39, 0.29) is 92.4 Å². The van der Waals surface area contributed by atoms with Crippen molar-refractivity contribution in [1.29, 1.82) is 0 Å². The molecule has 0 radical (unpaired) electrons.